The van der Waals surface area contributed by atoms with Crippen LogP contribution in [0.15, 0.2) is 24.3 Å². The monoisotopic (exact) mass is 370 g/mol. The van der Waals surface area contributed by atoms with Gasteiger partial charge < -0.3 is 15.0 Å². The highest BCUT2D eigenvalue weighted by Crippen LogP contribution is 2.31. The third-order valence-electron chi connectivity index (χ3n) is 4.73. The Kier molecular flexibility index (Phi) is 5.50. The van der Waals surface area contributed by atoms with Crippen molar-refractivity contribution < 1.29 is 27.5 Å². The molecule has 8 heteroatoms. The minimum Gasteiger partial charge on any atom is -0.368 e. The summed E-state index contributed by atoms with van der Waals surface area (Å²) in [6.45, 7) is 1.19. The third-order valence-corrected chi connectivity index (χ3v) is 4.73. The molecule has 0 aliphatic carbocycles. The highest BCUT2D eigenvalue weighted by Gasteiger charge is 2.33. The maximum absolute atomic E-state index is 13.0. The summed E-state index contributed by atoms with van der Waals surface area (Å²) in [5.41, 5.74) is -0.454. The van der Waals surface area contributed by atoms with Gasteiger partial charge in [-0.2, -0.15) is 13.2 Å². The average molecular weight is 370 g/mol. The molecule has 0 saturated carbocycles. The summed E-state index contributed by atoms with van der Waals surface area (Å²) >= 11 is 0. The van der Waals surface area contributed by atoms with E-state index in [4.69, 9.17) is 4.74 Å². The summed E-state index contributed by atoms with van der Waals surface area (Å²) in [6, 6.07) is 4.16. The van der Waals surface area contributed by atoms with E-state index in [9.17, 15) is 22.8 Å². The lowest BCUT2D eigenvalue weighted by molar-refractivity contribution is -0.137. The Bertz CT molecular complexity index is 672. The van der Waals surface area contributed by atoms with E-state index in [1.165, 1.54) is 12.1 Å². The van der Waals surface area contributed by atoms with Crippen LogP contribution in [0, 0.1) is 0 Å². The van der Waals surface area contributed by atoms with Crippen molar-refractivity contribution >= 4 is 11.8 Å². The minimum absolute atomic E-state index is 0.0478. The summed E-state index contributed by atoms with van der Waals surface area (Å²) in [5.74, 6) is -0.398. The smallest absolute Gasteiger partial charge is 0.368 e. The normalized spacial score (nSPS) is 21.9. The number of hydrogen-bond acceptors (Lipinski definition) is 3. The van der Waals surface area contributed by atoms with Crippen LogP contribution < -0.4 is 5.32 Å². The zero-order valence-electron chi connectivity index (χ0n) is 14.2. The second-order valence-electron chi connectivity index (χ2n) is 6.63. The number of rotatable bonds is 5. The summed E-state index contributed by atoms with van der Waals surface area (Å²) in [6.07, 6.45) is -2.55. The average Bonchev–Trinajstić information content (AvgIpc) is 3.26. The Labute approximate surface area is 149 Å². The van der Waals surface area contributed by atoms with Crippen molar-refractivity contribution in [3.63, 3.8) is 0 Å². The first-order valence-corrected chi connectivity index (χ1v) is 8.71. The van der Waals surface area contributed by atoms with E-state index in [1.807, 2.05) is 0 Å². The maximum atomic E-state index is 13.0. The van der Waals surface area contributed by atoms with Crippen LogP contribution in [-0.4, -0.2) is 42.5 Å². The Hall–Kier alpha value is -2.09. The first kappa shape index (κ1) is 18.7. The fourth-order valence-corrected chi connectivity index (χ4v) is 3.33. The zero-order chi connectivity index (χ0) is 18.7. The van der Waals surface area contributed by atoms with Gasteiger partial charge in [0.15, 0.2) is 0 Å². The Morgan fingerprint density at radius 3 is 2.77 bits per heavy atom. The van der Waals surface area contributed by atoms with E-state index in [1.54, 1.807) is 4.90 Å². The van der Waals surface area contributed by atoms with Gasteiger partial charge >= 0.3 is 6.18 Å². The summed E-state index contributed by atoms with van der Waals surface area (Å²) < 4.78 is 44.5. The SMILES string of the molecule is O=C(N[C@H](CN1CCCC1=O)c1cccc(C(F)(F)F)c1)[C@@H]1CCCO1. The molecule has 2 aliphatic rings. The van der Waals surface area contributed by atoms with Gasteiger partial charge in [-0.05, 0) is 37.0 Å². The van der Waals surface area contributed by atoms with Gasteiger partial charge in [0, 0.05) is 26.1 Å². The molecule has 2 atom stereocenters. The quantitative estimate of drug-likeness (QED) is 0.867. The number of carbonyl (C=O) groups excluding carboxylic acids is 2. The molecule has 142 valence electrons. The number of nitrogens with one attached hydrogen (secondary N) is 1. The number of ether oxygens (including phenoxy) is 1. The number of halogens is 3. The van der Waals surface area contributed by atoms with Crippen LogP contribution >= 0.6 is 0 Å². The van der Waals surface area contributed by atoms with Crippen LogP contribution in [0.1, 0.15) is 42.9 Å². The van der Waals surface area contributed by atoms with Crippen molar-refractivity contribution in [2.45, 2.75) is 44.0 Å². The Balaban J connectivity index is 1.81. The maximum Gasteiger partial charge on any atom is 0.416 e. The van der Waals surface area contributed by atoms with Gasteiger partial charge in [-0.25, -0.2) is 0 Å². The molecule has 2 saturated heterocycles. The first-order valence-electron chi connectivity index (χ1n) is 8.71. The predicted octanol–water partition coefficient (Wildman–Crippen LogP) is 2.66. The van der Waals surface area contributed by atoms with Crippen LogP contribution in [-0.2, 0) is 20.5 Å². The molecule has 2 heterocycles. The van der Waals surface area contributed by atoms with Gasteiger partial charge in [0.1, 0.15) is 6.10 Å². The second kappa shape index (κ2) is 7.65. The minimum atomic E-state index is -4.47. The van der Waals surface area contributed by atoms with Crippen molar-refractivity contribution in [3.05, 3.63) is 35.4 Å². The van der Waals surface area contributed by atoms with Crippen LogP contribution in [0.2, 0.25) is 0 Å². The van der Waals surface area contributed by atoms with Gasteiger partial charge in [0.2, 0.25) is 11.8 Å². The lowest BCUT2D eigenvalue weighted by atomic mass is 10.0. The van der Waals surface area contributed by atoms with Crippen LogP contribution in [0.4, 0.5) is 13.2 Å². The van der Waals surface area contributed by atoms with Crippen molar-refractivity contribution in [3.8, 4) is 0 Å². The van der Waals surface area contributed by atoms with E-state index in [0.717, 1.165) is 18.6 Å². The highest BCUT2D eigenvalue weighted by molar-refractivity contribution is 5.82. The number of likely N-dealkylation sites (tertiary alicyclic amines) is 1. The number of amides is 2. The molecule has 26 heavy (non-hydrogen) atoms. The summed E-state index contributed by atoms with van der Waals surface area (Å²) in [5, 5.41) is 2.78. The summed E-state index contributed by atoms with van der Waals surface area (Å²) in [7, 11) is 0. The molecule has 1 N–H and O–H groups in total. The molecule has 2 fully saturated rings. The summed E-state index contributed by atoms with van der Waals surface area (Å²) in [4.78, 5) is 25.9. The van der Waals surface area contributed by atoms with Crippen molar-refractivity contribution in [2.24, 2.45) is 0 Å². The number of benzene rings is 1. The van der Waals surface area contributed by atoms with E-state index in [2.05, 4.69) is 5.32 Å². The molecule has 0 spiro atoms. The fourth-order valence-electron chi connectivity index (χ4n) is 3.33. The number of hydrogen-bond donors (Lipinski definition) is 1. The van der Waals surface area contributed by atoms with Crippen molar-refractivity contribution in [1.82, 2.24) is 10.2 Å². The van der Waals surface area contributed by atoms with E-state index >= 15 is 0 Å². The van der Waals surface area contributed by atoms with E-state index in [-0.39, 0.29) is 18.4 Å². The van der Waals surface area contributed by atoms with Gasteiger partial charge in [-0.15, -0.1) is 0 Å². The fraction of sp³-hybridized carbons (Fsp3) is 0.556. The molecule has 0 aromatic heterocycles. The zero-order valence-corrected chi connectivity index (χ0v) is 14.2. The molecule has 2 aliphatic heterocycles. The van der Waals surface area contributed by atoms with E-state index < -0.39 is 23.9 Å². The number of nitrogens with zero attached hydrogens (tertiary/aromatic N) is 1. The van der Waals surface area contributed by atoms with Crippen molar-refractivity contribution in [1.29, 1.82) is 0 Å². The molecule has 1 aromatic carbocycles. The number of alkyl halides is 3. The van der Waals surface area contributed by atoms with E-state index in [0.29, 0.717) is 38.0 Å². The standard InChI is InChI=1S/C18H21F3N2O3/c19-18(20,21)13-5-1-4-12(10-13)14(11-23-8-2-7-16(23)24)22-17(25)15-6-3-9-26-15/h1,4-5,10,14-15H,2-3,6-9,11H2,(H,22,25)/t14-,15+/m1/s1. The molecular formula is C18H21F3N2O3. The molecule has 0 bridgehead atoms. The molecule has 0 radical (unpaired) electrons. The molecule has 2 amide bonds. The number of carbonyl (C=O) groups is 2. The predicted molar refractivity (Wildman–Crippen MR) is 87.1 cm³/mol. The Morgan fingerprint density at radius 1 is 1.35 bits per heavy atom. The lowest BCUT2D eigenvalue weighted by Crippen LogP contribution is -2.42. The molecule has 1 aromatic rings. The largest absolute Gasteiger partial charge is 0.416 e. The van der Waals surface area contributed by atoms with Gasteiger partial charge in [0.25, 0.3) is 0 Å². The topological polar surface area (TPSA) is 58.6 Å². The Morgan fingerprint density at radius 2 is 2.15 bits per heavy atom. The highest BCUT2D eigenvalue weighted by atomic mass is 19.4. The third kappa shape index (κ3) is 4.35. The first-order chi connectivity index (χ1) is 12.3. The molecule has 5 nitrogen and oxygen atoms in total. The molecule has 0 unspecified atom stereocenters. The van der Waals surface area contributed by atoms with Crippen LogP contribution in [0.3, 0.4) is 0 Å². The second-order valence-corrected chi connectivity index (χ2v) is 6.63. The lowest BCUT2D eigenvalue weighted by Gasteiger charge is -2.26. The van der Waals surface area contributed by atoms with Gasteiger partial charge in [-0.1, -0.05) is 12.1 Å². The van der Waals surface area contributed by atoms with Gasteiger partial charge in [0.05, 0.1) is 11.6 Å². The molecular weight excluding hydrogens is 349 g/mol. The van der Waals surface area contributed by atoms with Crippen molar-refractivity contribution in [2.75, 3.05) is 19.7 Å². The van der Waals surface area contributed by atoms with Crippen LogP contribution in [0.5, 0.6) is 0 Å². The molecule has 3 rings (SSSR count). The van der Waals surface area contributed by atoms with Gasteiger partial charge in [-0.3, -0.25) is 9.59 Å². The van der Waals surface area contributed by atoms with Crippen LogP contribution in [0.25, 0.3) is 0 Å².